The summed E-state index contributed by atoms with van der Waals surface area (Å²) in [6.45, 7) is 6.12. The second-order valence-electron chi connectivity index (χ2n) is 3.25. The highest BCUT2D eigenvalue weighted by molar-refractivity contribution is 5.27. The van der Waals surface area contributed by atoms with Crippen molar-refractivity contribution in [2.75, 3.05) is 7.11 Å². The minimum Gasteiger partial charge on any atom is -0.305 e. The summed E-state index contributed by atoms with van der Waals surface area (Å²) in [6.07, 6.45) is 0. The van der Waals surface area contributed by atoms with Gasteiger partial charge in [0.15, 0.2) is 0 Å². The first-order valence-corrected chi connectivity index (χ1v) is 4.36. The van der Waals surface area contributed by atoms with E-state index in [2.05, 4.69) is 24.4 Å². The third kappa shape index (κ3) is 1.89. The molecule has 1 unspecified atom stereocenters. The van der Waals surface area contributed by atoms with Crippen molar-refractivity contribution in [3.63, 3.8) is 0 Å². The summed E-state index contributed by atoms with van der Waals surface area (Å²) in [7, 11) is 3.57. The zero-order valence-electron chi connectivity index (χ0n) is 8.88. The fourth-order valence-electron chi connectivity index (χ4n) is 1.65. The van der Waals surface area contributed by atoms with E-state index >= 15 is 0 Å². The summed E-state index contributed by atoms with van der Waals surface area (Å²) in [5.41, 5.74) is 6.34. The quantitative estimate of drug-likeness (QED) is 0.717. The van der Waals surface area contributed by atoms with Crippen LogP contribution in [0.25, 0.3) is 0 Å². The zero-order valence-corrected chi connectivity index (χ0v) is 8.88. The maximum Gasteiger partial charge on any atom is 0.0644 e. The number of aromatic nitrogens is 2. The van der Waals surface area contributed by atoms with Crippen LogP contribution in [-0.2, 0) is 11.9 Å². The van der Waals surface area contributed by atoms with E-state index in [4.69, 9.17) is 4.84 Å². The van der Waals surface area contributed by atoms with Gasteiger partial charge in [0.05, 0.1) is 18.8 Å². The average Bonchev–Trinajstić information content (AvgIpc) is 2.27. The second-order valence-corrected chi connectivity index (χ2v) is 3.25. The Labute approximate surface area is 78.8 Å². The number of nitrogens with zero attached hydrogens (tertiary/aromatic N) is 2. The summed E-state index contributed by atoms with van der Waals surface area (Å²) in [5, 5.41) is 4.34. The highest BCUT2D eigenvalue weighted by Crippen LogP contribution is 2.20. The van der Waals surface area contributed by atoms with E-state index in [1.54, 1.807) is 7.11 Å². The monoisotopic (exact) mass is 183 g/mol. The number of hydroxylamine groups is 1. The molecule has 4 heteroatoms. The minimum absolute atomic E-state index is 0.179. The molecule has 0 bridgehead atoms. The molecule has 1 aromatic heterocycles. The molecule has 0 aromatic carbocycles. The van der Waals surface area contributed by atoms with Gasteiger partial charge in [-0.1, -0.05) is 0 Å². The van der Waals surface area contributed by atoms with Gasteiger partial charge in [-0.25, -0.2) is 0 Å². The van der Waals surface area contributed by atoms with Gasteiger partial charge in [-0.2, -0.15) is 10.6 Å². The van der Waals surface area contributed by atoms with Crippen LogP contribution in [0.15, 0.2) is 0 Å². The first-order chi connectivity index (χ1) is 6.07. The number of hydrogen-bond donors (Lipinski definition) is 1. The molecule has 1 N–H and O–H groups in total. The smallest absolute Gasteiger partial charge is 0.0644 e. The Morgan fingerprint density at radius 3 is 2.46 bits per heavy atom. The van der Waals surface area contributed by atoms with Crippen molar-refractivity contribution in [2.24, 2.45) is 7.05 Å². The lowest BCUT2D eigenvalue weighted by molar-refractivity contribution is 0.0655. The summed E-state index contributed by atoms with van der Waals surface area (Å²) >= 11 is 0. The van der Waals surface area contributed by atoms with Crippen molar-refractivity contribution in [1.82, 2.24) is 15.3 Å². The molecule has 0 amide bonds. The number of rotatable bonds is 3. The Morgan fingerprint density at radius 2 is 2.08 bits per heavy atom. The molecule has 0 aliphatic heterocycles. The van der Waals surface area contributed by atoms with Gasteiger partial charge < -0.3 is 4.84 Å². The molecule has 1 rings (SSSR count). The molecule has 0 fully saturated rings. The van der Waals surface area contributed by atoms with Gasteiger partial charge in [0.25, 0.3) is 0 Å². The first kappa shape index (κ1) is 10.2. The number of aryl methyl sites for hydroxylation is 2. The maximum atomic E-state index is 4.89. The lowest BCUT2D eigenvalue weighted by atomic mass is 10.1. The number of nitrogens with one attached hydrogen (secondary N) is 1. The molecule has 0 aliphatic carbocycles. The van der Waals surface area contributed by atoms with Crippen LogP contribution in [0.1, 0.15) is 29.9 Å². The standard InChI is InChI=1S/C9H17N3O/c1-6-9(7(2)11-13-5)8(3)12(4)10-6/h7,11H,1-5H3. The molecule has 13 heavy (non-hydrogen) atoms. The fraction of sp³-hybridized carbons (Fsp3) is 0.667. The van der Waals surface area contributed by atoms with E-state index in [0.717, 1.165) is 5.69 Å². The van der Waals surface area contributed by atoms with Crippen LogP contribution in [0.3, 0.4) is 0 Å². The molecule has 0 saturated heterocycles. The molecule has 1 aromatic rings. The fourth-order valence-corrected chi connectivity index (χ4v) is 1.65. The van der Waals surface area contributed by atoms with Crippen LogP contribution >= 0.6 is 0 Å². The SMILES string of the molecule is CONC(C)c1c(C)nn(C)c1C. The maximum absolute atomic E-state index is 4.89. The summed E-state index contributed by atoms with van der Waals surface area (Å²) < 4.78 is 1.89. The Morgan fingerprint density at radius 1 is 1.46 bits per heavy atom. The lowest BCUT2D eigenvalue weighted by Gasteiger charge is -2.12. The summed E-state index contributed by atoms with van der Waals surface area (Å²) in [4.78, 5) is 4.89. The molecule has 0 saturated carbocycles. The van der Waals surface area contributed by atoms with E-state index in [0.29, 0.717) is 0 Å². The van der Waals surface area contributed by atoms with Crippen LogP contribution in [0.5, 0.6) is 0 Å². The molecule has 0 aliphatic rings. The Balaban J connectivity index is 2.98. The van der Waals surface area contributed by atoms with Crippen LogP contribution in [0, 0.1) is 13.8 Å². The van der Waals surface area contributed by atoms with E-state index in [9.17, 15) is 0 Å². The van der Waals surface area contributed by atoms with Gasteiger partial charge in [0.2, 0.25) is 0 Å². The highest BCUT2D eigenvalue weighted by Gasteiger charge is 2.15. The normalized spacial score (nSPS) is 13.3. The molecular weight excluding hydrogens is 166 g/mol. The van der Waals surface area contributed by atoms with Gasteiger partial charge in [-0.3, -0.25) is 4.68 Å². The van der Waals surface area contributed by atoms with Crippen molar-refractivity contribution in [2.45, 2.75) is 26.8 Å². The first-order valence-electron chi connectivity index (χ1n) is 4.36. The molecule has 1 heterocycles. The Bertz CT molecular complexity index is 293. The van der Waals surface area contributed by atoms with Crippen molar-refractivity contribution in [1.29, 1.82) is 0 Å². The highest BCUT2D eigenvalue weighted by atomic mass is 16.6. The average molecular weight is 183 g/mol. The third-order valence-corrected chi connectivity index (χ3v) is 2.29. The van der Waals surface area contributed by atoms with E-state index < -0.39 is 0 Å². The minimum atomic E-state index is 0.179. The lowest BCUT2D eigenvalue weighted by Crippen LogP contribution is -2.18. The second kappa shape index (κ2) is 3.89. The Kier molecular flexibility index (Phi) is 3.06. The van der Waals surface area contributed by atoms with Gasteiger partial charge in [0, 0.05) is 18.3 Å². The van der Waals surface area contributed by atoms with Gasteiger partial charge >= 0.3 is 0 Å². The van der Waals surface area contributed by atoms with Crippen molar-refractivity contribution < 1.29 is 4.84 Å². The van der Waals surface area contributed by atoms with E-state index in [-0.39, 0.29) is 6.04 Å². The van der Waals surface area contributed by atoms with Crippen molar-refractivity contribution in [3.05, 3.63) is 17.0 Å². The van der Waals surface area contributed by atoms with Crippen LogP contribution in [0.4, 0.5) is 0 Å². The topological polar surface area (TPSA) is 39.1 Å². The third-order valence-electron chi connectivity index (χ3n) is 2.29. The molecule has 0 spiro atoms. The van der Waals surface area contributed by atoms with Gasteiger partial charge in [0.1, 0.15) is 0 Å². The predicted molar refractivity (Wildman–Crippen MR) is 51.2 cm³/mol. The van der Waals surface area contributed by atoms with Gasteiger partial charge in [-0.15, -0.1) is 0 Å². The van der Waals surface area contributed by atoms with Crippen LogP contribution < -0.4 is 5.48 Å². The summed E-state index contributed by atoms with van der Waals surface area (Å²) in [5.74, 6) is 0. The largest absolute Gasteiger partial charge is 0.305 e. The van der Waals surface area contributed by atoms with E-state index in [1.165, 1.54) is 11.3 Å². The van der Waals surface area contributed by atoms with Crippen LogP contribution in [-0.4, -0.2) is 16.9 Å². The molecule has 0 radical (unpaired) electrons. The van der Waals surface area contributed by atoms with Crippen LogP contribution in [0.2, 0.25) is 0 Å². The van der Waals surface area contributed by atoms with Crippen molar-refractivity contribution >= 4 is 0 Å². The van der Waals surface area contributed by atoms with Crippen molar-refractivity contribution in [3.8, 4) is 0 Å². The molecule has 74 valence electrons. The Hall–Kier alpha value is -0.870. The molecular formula is C9H17N3O. The molecule has 4 nitrogen and oxygen atoms in total. The van der Waals surface area contributed by atoms with Gasteiger partial charge in [-0.05, 0) is 20.8 Å². The summed E-state index contributed by atoms with van der Waals surface area (Å²) in [6, 6.07) is 0.179. The predicted octanol–water partition coefficient (Wildman–Crippen LogP) is 1.25. The molecule has 1 atom stereocenters. The zero-order chi connectivity index (χ0) is 10.0. The number of hydrogen-bond acceptors (Lipinski definition) is 3. The van der Waals surface area contributed by atoms with E-state index in [1.807, 2.05) is 18.7 Å².